The highest BCUT2D eigenvalue weighted by molar-refractivity contribution is 7.99. The molecule has 24 heavy (non-hydrogen) atoms. The van der Waals surface area contributed by atoms with Crippen LogP contribution in [0.4, 0.5) is 5.69 Å². The number of imidazole rings is 1. The molecule has 0 N–H and O–H groups in total. The highest BCUT2D eigenvalue weighted by Crippen LogP contribution is 2.32. The molecule has 0 amide bonds. The van der Waals surface area contributed by atoms with Crippen LogP contribution in [0.1, 0.15) is 6.92 Å². The van der Waals surface area contributed by atoms with E-state index in [0.29, 0.717) is 5.02 Å². The molecular weight excluding hydrogens is 346 g/mol. The van der Waals surface area contributed by atoms with E-state index in [9.17, 15) is 10.1 Å². The monoisotopic (exact) mass is 359 g/mol. The molecule has 0 radical (unpaired) electrons. The van der Waals surface area contributed by atoms with E-state index in [2.05, 4.69) is 11.9 Å². The zero-order valence-electron chi connectivity index (χ0n) is 12.8. The number of hydrogen-bond donors (Lipinski definition) is 0. The molecule has 0 aliphatic heterocycles. The summed E-state index contributed by atoms with van der Waals surface area (Å²) in [6.45, 7) is 2.05. The standard InChI is InChI=1S/C17H14ClN3O2S/c1-2-24-17-19-11-16(12-5-3-8-15(9-12)21(22)23)20(17)14-7-4-6-13(18)10-14/h3-11H,2H2,1H3. The Morgan fingerprint density at radius 1 is 1.25 bits per heavy atom. The van der Waals surface area contributed by atoms with Crippen LogP contribution in [-0.2, 0) is 0 Å². The number of nitrogens with zero attached hydrogens (tertiary/aromatic N) is 3. The van der Waals surface area contributed by atoms with Crippen molar-refractivity contribution in [1.29, 1.82) is 0 Å². The Labute approximate surface area is 148 Å². The van der Waals surface area contributed by atoms with Crippen LogP contribution in [0.15, 0.2) is 59.9 Å². The van der Waals surface area contributed by atoms with Crippen LogP contribution in [0.2, 0.25) is 5.02 Å². The third kappa shape index (κ3) is 3.29. The first kappa shape index (κ1) is 16.5. The van der Waals surface area contributed by atoms with E-state index in [1.165, 1.54) is 6.07 Å². The van der Waals surface area contributed by atoms with E-state index in [-0.39, 0.29) is 5.69 Å². The van der Waals surface area contributed by atoms with Crippen LogP contribution >= 0.6 is 23.4 Å². The van der Waals surface area contributed by atoms with Gasteiger partial charge in [0.05, 0.1) is 16.8 Å². The van der Waals surface area contributed by atoms with Gasteiger partial charge in [0.25, 0.3) is 5.69 Å². The molecule has 2 aromatic carbocycles. The Morgan fingerprint density at radius 3 is 2.75 bits per heavy atom. The average molecular weight is 360 g/mol. The van der Waals surface area contributed by atoms with Gasteiger partial charge in [0.15, 0.2) is 5.16 Å². The summed E-state index contributed by atoms with van der Waals surface area (Å²) in [6.07, 6.45) is 1.73. The predicted molar refractivity (Wildman–Crippen MR) is 97.1 cm³/mol. The summed E-state index contributed by atoms with van der Waals surface area (Å²) < 4.78 is 1.97. The molecule has 3 rings (SSSR count). The van der Waals surface area contributed by atoms with E-state index in [1.807, 2.05) is 34.9 Å². The van der Waals surface area contributed by atoms with Gasteiger partial charge in [-0.1, -0.05) is 48.5 Å². The third-order valence-corrected chi connectivity index (χ3v) is 4.49. The molecule has 0 aliphatic carbocycles. The summed E-state index contributed by atoms with van der Waals surface area (Å²) in [5.41, 5.74) is 2.45. The number of hydrogen-bond acceptors (Lipinski definition) is 4. The van der Waals surface area contributed by atoms with Gasteiger partial charge in [-0.3, -0.25) is 14.7 Å². The van der Waals surface area contributed by atoms with Crippen molar-refractivity contribution in [1.82, 2.24) is 9.55 Å². The molecule has 0 atom stereocenters. The maximum atomic E-state index is 11.1. The van der Waals surface area contributed by atoms with Gasteiger partial charge in [-0.05, 0) is 24.0 Å². The molecule has 7 heteroatoms. The highest BCUT2D eigenvalue weighted by Gasteiger charge is 2.16. The second-order valence-corrected chi connectivity index (χ2v) is 6.65. The molecule has 0 saturated carbocycles. The number of aromatic nitrogens is 2. The summed E-state index contributed by atoms with van der Waals surface area (Å²) in [4.78, 5) is 15.1. The lowest BCUT2D eigenvalue weighted by Gasteiger charge is -2.12. The molecule has 3 aromatic rings. The summed E-state index contributed by atoms with van der Waals surface area (Å²) in [5, 5.41) is 12.5. The zero-order valence-corrected chi connectivity index (χ0v) is 14.4. The van der Waals surface area contributed by atoms with Crippen LogP contribution < -0.4 is 0 Å². The molecule has 122 valence electrons. The highest BCUT2D eigenvalue weighted by atomic mass is 35.5. The average Bonchev–Trinajstić information content (AvgIpc) is 2.99. The van der Waals surface area contributed by atoms with Gasteiger partial charge in [0.1, 0.15) is 0 Å². The fraction of sp³-hybridized carbons (Fsp3) is 0.118. The van der Waals surface area contributed by atoms with Crippen molar-refractivity contribution in [3.63, 3.8) is 0 Å². The van der Waals surface area contributed by atoms with Crippen molar-refractivity contribution in [2.24, 2.45) is 0 Å². The minimum absolute atomic E-state index is 0.0519. The lowest BCUT2D eigenvalue weighted by molar-refractivity contribution is -0.384. The Bertz CT molecular complexity index is 895. The van der Waals surface area contributed by atoms with Gasteiger partial charge >= 0.3 is 0 Å². The maximum Gasteiger partial charge on any atom is 0.270 e. The van der Waals surface area contributed by atoms with Crippen LogP contribution in [-0.4, -0.2) is 20.2 Å². The Hall–Kier alpha value is -2.31. The second kappa shape index (κ2) is 7.07. The summed E-state index contributed by atoms with van der Waals surface area (Å²) in [6, 6.07) is 14.0. The van der Waals surface area contributed by atoms with E-state index in [1.54, 1.807) is 30.1 Å². The Morgan fingerprint density at radius 2 is 2.04 bits per heavy atom. The maximum absolute atomic E-state index is 11.1. The fourth-order valence-electron chi connectivity index (χ4n) is 2.41. The van der Waals surface area contributed by atoms with E-state index >= 15 is 0 Å². The van der Waals surface area contributed by atoms with E-state index in [0.717, 1.165) is 27.9 Å². The number of rotatable bonds is 5. The Balaban J connectivity index is 2.19. The number of benzene rings is 2. The number of nitro groups is 1. The topological polar surface area (TPSA) is 61.0 Å². The lowest BCUT2D eigenvalue weighted by atomic mass is 10.1. The summed E-state index contributed by atoms with van der Waals surface area (Å²) in [7, 11) is 0. The lowest BCUT2D eigenvalue weighted by Crippen LogP contribution is -1.99. The van der Waals surface area contributed by atoms with Gasteiger partial charge in [-0.25, -0.2) is 4.98 Å². The molecule has 0 bridgehead atoms. The molecule has 0 saturated heterocycles. The first-order chi connectivity index (χ1) is 11.6. The zero-order chi connectivity index (χ0) is 17.1. The molecular formula is C17H14ClN3O2S. The molecule has 1 aromatic heterocycles. The molecule has 0 aliphatic rings. The van der Waals surface area contributed by atoms with E-state index in [4.69, 9.17) is 11.6 Å². The molecule has 0 fully saturated rings. The fourth-order valence-corrected chi connectivity index (χ4v) is 3.32. The number of nitro benzene ring substituents is 1. The largest absolute Gasteiger partial charge is 0.287 e. The first-order valence-corrected chi connectivity index (χ1v) is 8.68. The van der Waals surface area contributed by atoms with Crippen LogP contribution in [0.3, 0.4) is 0 Å². The third-order valence-electron chi connectivity index (χ3n) is 3.42. The van der Waals surface area contributed by atoms with Gasteiger partial charge in [0.2, 0.25) is 0 Å². The van der Waals surface area contributed by atoms with Gasteiger partial charge in [-0.2, -0.15) is 0 Å². The molecule has 0 spiro atoms. The number of thioether (sulfide) groups is 1. The summed E-state index contributed by atoms with van der Waals surface area (Å²) >= 11 is 7.73. The smallest absolute Gasteiger partial charge is 0.270 e. The van der Waals surface area contributed by atoms with Crippen LogP contribution in [0, 0.1) is 10.1 Å². The Kier molecular flexibility index (Phi) is 4.87. The van der Waals surface area contributed by atoms with E-state index < -0.39 is 4.92 Å². The molecule has 1 heterocycles. The van der Waals surface area contributed by atoms with Gasteiger partial charge in [-0.15, -0.1) is 0 Å². The predicted octanol–water partition coefficient (Wildman–Crippen LogP) is 5.21. The van der Waals surface area contributed by atoms with Crippen LogP contribution in [0.5, 0.6) is 0 Å². The molecule has 0 unspecified atom stereocenters. The summed E-state index contributed by atoms with van der Waals surface area (Å²) in [5.74, 6) is 0.867. The van der Waals surface area contributed by atoms with Crippen molar-refractivity contribution >= 4 is 29.1 Å². The first-order valence-electron chi connectivity index (χ1n) is 7.31. The number of non-ortho nitro benzene ring substituents is 1. The normalized spacial score (nSPS) is 10.8. The van der Waals surface area contributed by atoms with Gasteiger partial charge in [0, 0.05) is 28.4 Å². The minimum Gasteiger partial charge on any atom is -0.287 e. The molecule has 5 nitrogen and oxygen atoms in total. The van der Waals surface area contributed by atoms with Crippen molar-refractivity contribution in [2.45, 2.75) is 12.1 Å². The second-order valence-electron chi connectivity index (χ2n) is 4.98. The van der Waals surface area contributed by atoms with Crippen molar-refractivity contribution in [2.75, 3.05) is 5.75 Å². The van der Waals surface area contributed by atoms with Crippen molar-refractivity contribution in [3.05, 3.63) is 69.9 Å². The quantitative estimate of drug-likeness (QED) is 0.356. The SMILES string of the molecule is CCSc1ncc(-c2cccc([N+](=O)[O-])c2)n1-c1cccc(Cl)c1. The number of halogens is 1. The minimum atomic E-state index is -0.398. The van der Waals surface area contributed by atoms with Crippen molar-refractivity contribution < 1.29 is 4.92 Å². The van der Waals surface area contributed by atoms with Crippen molar-refractivity contribution in [3.8, 4) is 16.9 Å². The van der Waals surface area contributed by atoms with Gasteiger partial charge < -0.3 is 0 Å². The van der Waals surface area contributed by atoms with Crippen LogP contribution in [0.25, 0.3) is 16.9 Å².